The lowest BCUT2D eigenvalue weighted by Crippen LogP contribution is -2.33. The first-order valence-electron chi connectivity index (χ1n) is 7.11. The molecule has 3 aromatic rings. The van der Waals surface area contributed by atoms with E-state index in [-0.39, 0.29) is 6.17 Å². The molecule has 1 aromatic carbocycles. The molecule has 1 aliphatic heterocycles. The van der Waals surface area contributed by atoms with Gasteiger partial charge < -0.3 is 14.2 Å². The molecule has 0 bridgehead atoms. The van der Waals surface area contributed by atoms with Crippen molar-refractivity contribution in [1.82, 2.24) is 9.88 Å². The number of furan rings is 1. The predicted molar refractivity (Wildman–Crippen MR) is 85.1 cm³/mol. The van der Waals surface area contributed by atoms with Crippen LogP contribution >= 0.6 is 0 Å². The van der Waals surface area contributed by atoms with Crippen LogP contribution in [0.2, 0.25) is 0 Å². The lowest BCUT2D eigenvalue weighted by Gasteiger charge is -2.28. The minimum atomic E-state index is 0.278. The molecule has 3 heterocycles. The third kappa shape index (κ3) is 1.65. The molecule has 0 fully saturated rings. The van der Waals surface area contributed by atoms with E-state index in [1.54, 1.807) is 6.20 Å². The van der Waals surface area contributed by atoms with Crippen LogP contribution in [0.3, 0.4) is 0 Å². The molecule has 4 nitrogen and oxygen atoms in total. The molecule has 4 heteroatoms. The average Bonchev–Trinajstić information content (AvgIpc) is 3.01. The third-order valence-electron chi connectivity index (χ3n) is 4.33. The molecule has 1 aliphatic rings. The van der Waals surface area contributed by atoms with Crippen molar-refractivity contribution in [2.75, 3.05) is 11.9 Å². The maximum atomic E-state index is 6.13. The molecule has 0 unspecified atom stereocenters. The first kappa shape index (κ1) is 12.3. The van der Waals surface area contributed by atoms with Crippen LogP contribution in [0, 0.1) is 6.92 Å². The van der Waals surface area contributed by atoms with Gasteiger partial charge in [-0.25, -0.2) is 0 Å². The molecule has 21 heavy (non-hydrogen) atoms. The van der Waals surface area contributed by atoms with Gasteiger partial charge in [0.1, 0.15) is 11.7 Å². The summed E-state index contributed by atoms with van der Waals surface area (Å²) in [5, 5.41) is 2.19. The van der Waals surface area contributed by atoms with Crippen LogP contribution in [0.1, 0.15) is 12.5 Å². The molecular weight excluding hydrogens is 262 g/mol. The summed E-state index contributed by atoms with van der Waals surface area (Å²) in [5.41, 5.74) is 4.17. The molecule has 0 amide bonds. The fraction of sp³-hybridized carbons (Fsp3) is 0.235. The molecule has 0 N–H and O–H groups in total. The van der Waals surface area contributed by atoms with Gasteiger partial charge in [0.05, 0.1) is 5.69 Å². The maximum Gasteiger partial charge on any atom is 0.159 e. The number of rotatable bonds is 1. The summed E-state index contributed by atoms with van der Waals surface area (Å²) in [6, 6.07) is 6.19. The Labute approximate surface area is 123 Å². The number of anilines is 1. The van der Waals surface area contributed by atoms with Crippen molar-refractivity contribution in [3.8, 4) is 0 Å². The normalized spacial score (nSPS) is 18.3. The Morgan fingerprint density at radius 2 is 2.00 bits per heavy atom. The Hall–Kier alpha value is -2.49. The highest BCUT2D eigenvalue weighted by Crippen LogP contribution is 2.39. The van der Waals surface area contributed by atoms with Crippen LogP contribution in [0.4, 0.5) is 5.69 Å². The average molecular weight is 279 g/mol. The van der Waals surface area contributed by atoms with Crippen molar-refractivity contribution in [1.29, 1.82) is 0 Å². The van der Waals surface area contributed by atoms with E-state index in [1.165, 1.54) is 5.56 Å². The van der Waals surface area contributed by atoms with Crippen molar-refractivity contribution >= 4 is 27.6 Å². The van der Waals surface area contributed by atoms with Crippen LogP contribution in [0.15, 0.2) is 47.4 Å². The van der Waals surface area contributed by atoms with Crippen LogP contribution in [0.25, 0.3) is 21.9 Å². The summed E-state index contributed by atoms with van der Waals surface area (Å²) in [7, 11) is 2.08. The first-order valence-corrected chi connectivity index (χ1v) is 7.11. The lowest BCUT2D eigenvalue weighted by molar-refractivity contribution is 0.383. The van der Waals surface area contributed by atoms with Crippen molar-refractivity contribution in [2.45, 2.75) is 20.0 Å². The van der Waals surface area contributed by atoms with Crippen LogP contribution < -0.4 is 4.90 Å². The fourth-order valence-electron chi connectivity index (χ4n) is 2.97. The monoisotopic (exact) mass is 279 g/mol. The van der Waals surface area contributed by atoms with Crippen LogP contribution in [-0.4, -0.2) is 23.1 Å². The third-order valence-corrected chi connectivity index (χ3v) is 4.33. The number of nitrogens with zero attached hydrogens (tertiary/aromatic N) is 3. The zero-order chi connectivity index (χ0) is 14.6. The fourth-order valence-corrected chi connectivity index (χ4v) is 2.97. The molecule has 106 valence electrons. The van der Waals surface area contributed by atoms with Crippen molar-refractivity contribution in [3.05, 3.63) is 48.6 Å². The van der Waals surface area contributed by atoms with E-state index in [1.807, 2.05) is 12.3 Å². The highest BCUT2D eigenvalue weighted by molar-refractivity contribution is 6.09. The van der Waals surface area contributed by atoms with E-state index in [4.69, 9.17) is 4.42 Å². The second kappa shape index (κ2) is 4.25. The minimum Gasteiger partial charge on any atom is -0.454 e. The summed E-state index contributed by atoms with van der Waals surface area (Å²) in [4.78, 5) is 8.66. The molecule has 0 aliphatic carbocycles. The van der Waals surface area contributed by atoms with Gasteiger partial charge in [-0.3, -0.25) is 4.98 Å². The summed E-state index contributed by atoms with van der Waals surface area (Å²) in [5.74, 6) is 0. The summed E-state index contributed by atoms with van der Waals surface area (Å²) < 4.78 is 6.13. The highest BCUT2D eigenvalue weighted by Gasteiger charge is 2.25. The Kier molecular flexibility index (Phi) is 2.48. The Morgan fingerprint density at radius 1 is 1.14 bits per heavy atom. The number of hydrogen-bond acceptors (Lipinski definition) is 4. The number of benzene rings is 1. The van der Waals surface area contributed by atoms with Gasteiger partial charge in [0.15, 0.2) is 5.58 Å². The quantitative estimate of drug-likeness (QED) is 0.677. The molecule has 0 radical (unpaired) electrons. The largest absolute Gasteiger partial charge is 0.454 e. The van der Waals surface area contributed by atoms with Gasteiger partial charge in [0.2, 0.25) is 0 Å². The van der Waals surface area contributed by atoms with E-state index < -0.39 is 0 Å². The number of hydrogen-bond donors (Lipinski definition) is 0. The van der Waals surface area contributed by atoms with E-state index >= 15 is 0 Å². The van der Waals surface area contributed by atoms with Crippen molar-refractivity contribution < 1.29 is 4.42 Å². The van der Waals surface area contributed by atoms with E-state index in [9.17, 15) is 0 Å². The summed E-state index contributed by atoms with van der Waals surface area (Å²) in [6.45, 7) is 4.31. The zero-order valence-corrected chi connectivity index (χ0v) is 12.4. The lowest BCUT2D eigenvalue weighted by atomic mass is 10.1. The highest BCUT2D eigenvalue weighted by atomic mass is 16.3. The topological polar surface area (TPSA) is 32.5 Å². The Morgan fingerprint density at radius 3 is 2.76 bits per heavy atom. The molecule has 0 saturated carbocycles. The molecule has 1 atom stereocenters. The van der Waals surface area contributed by atoms with E-state index in [0.717, 1.165) is 27.6 Å². The van der Waals surface area contributed by atoms with Gasteiger partial charge >= 0.3 is 0 Å². The van der Waals surface area contributed by atoms with Crippen molar-refractivity contribution in [3.63, 3.8) is 0 Å². The minimum absolute atomic E-state index is 0.278. The summed E-state index contributed by atoms with van der Waals surface area (Å²) in [6.07, 6.45) is 8.12. The molecule has 2 aromatic heterocycles. The summed E-state index contributed by atoms with van der Waals surface area (Å²) >= 11 is 0. The number of aromatic nitrogens is 1. The van der Waals surface area contributed by atoms with E-state index in [2.05, 4.69) is 60.2 Å². The van der Waals surface area contributed by atoms with Crippen LogP contribution in [-0.2, 0) is 0 Å². The molecule has 0 spiro atoms. The van der Waals surface area contributed by atoms with Crippen molar-refractivity contribution in [2.24, 2.45) is 0 Å². The number of aryl methyl sites for hydroxylation is 1. The first-order chi connectivity index (χ1) is 10.2. The second-order valence-electron chi connectivity index (χ2n) is 5.58. The van der Waals surface area contributed by atoms with Gasteiger partial charge in [0.25, 0.3) is 0 Å². The maximum absolute atomic E-state index is 6.13. The standard InChI is InChI=1S/C17H17N3O/c1-11-4-5-13-14-10-18-7-6-15(14)21-17(13)16(11)20-9-8-19(3)12(20)2/h4-10,12H,1-3H3/t12-/m0/s1. The van der Waals surface area contributed by atoms with Gasteiger partial charge in [0, 0.05) is 42.6 Å². The van der Waals surface area contributed by atoms with Gasteiger partial charge in [-0.2, -0.15) is 0 Å². The predicted octanol–water partition coefficient (Wildman–Crippen LogP) is 3.86. The molecule has 4 rings (SSSR count). The van der Waals surface area contributed by atoms with E-state index in [0.29, 0.717) is 0 Å². The second-order valence-corrected chi connectivity index (χ2v) is 5.58. The van der Waals surface area contributed by atoms with Gasteiger partial charge in [-0.1, -0.05) is 12.1 Å². The number of fused-ring (bicyclic) bond motifs is 3. The molecular formula is C17H17N3O. The Bertz CT molecular complexity index is 865. The van der Waals surface area contributed by atoms with Gasteiger partial charge in [-0.05, 0) is 25.5 Å². The smallest absolute Gasteiger partial charge is 0.159 e. The number of pyridine rings is 1. The SMILES string of the molecule is Cc1ccc2c(oc3ccncc32)c1N1C=CN(C)[C@@H]1C. The zero-order valence-electron chi connectivity index (χ0n) is 12.4. The van der Waals surface area contributed by atoms with Crippen LogP contribution in [0.5, 0.6) is 0 Å². The molecule has 0 saturated heterocycles. The Balaban J connectivity index is 2.04. The van der Waals surface area contributed by atoms with Gasteiger partial charge in [-0.15, -0.1) is 0 Å².